The number of hydrogen-bond acceptors (Lipinski definition) is 6. The number of fused-ring (bicyclic) bond motifs is 3. The Kier molecular flexibility index (Phi) is 6.91. The first-order valence-corrected chi connectivity index (χ1v) is 11.8. The minimum atomic E-state index is -1.15. The molecule has 2 heterocycles. The first kappa shape index (κ1) is 22.5. The highest BCUT2D eigenvalue weighted by molar-refractivity contribution is 7.99. The standard InChI is InChI=1S/C23H22ClFN4O2S/c1-3-5-13-32-23-26-21-20(27-28-23)14-9-6-7-12-17(14)29(18(30)4-2)22(31-21)19-15(24)10-8-11-16(19)25/h6-12,22H,3-5,13H2,1-2H3/t22-/m0/s1. The predicted octanol–water partition coefficient (Wildman–Crippen LogP) is 6.06. The third-order valence-corrected chi connectivity index (χ3v) is 6.31. The molecule has 1 aromatic heterocycles. The third-order valence-electron chi connectivity index (χ3n) is 5.06. The number of rotatable bonds is 6. The predicted molar refractivity (Wildman–Crippen MR) is 123 cm³/mol. The number of halogens is 2. The minimum Gasteiger partial charge on any atom is -0.447 e. The van der Waals surface area contributed by atoms with Crippen molar-refractivity contribution in [2.24, 2.45) is 0 Å². The molecule has 1 amide bonds. The van der Waals surface area contributed by atoms with Gasteiger partial charge in [0.1, 0.15) is 5.82 Å². The fraction of sp³-hybridized carbons (Fsp3) is 0.304. The van der Waals surface area contributed by atoms with E-state index in [0.29, 0.717) is 22.1 Å². The monoisotopic (exact) mass is 472 g/mol. The molecule has 166 valence electrons. The molecule has 0 fully saturated rings. The Morgan fingerprint density at radius 3 is 2.75 bits per heavy atom. The van der Waals surface area contributed by atoms with Gasteiger partial charge in [-0.3, -0.25) is 9.69 Å². The smallest absolute Gasteiger partial charge is 0.247 e. The van der Waals surface area contributed by atoms with Gasteiger partial charge in [-0.2, -0.15) is 4.98 Å². The first-order valence-electron chi connectivity index (χ1n) is 10.4. The van der Waals surface area contributed by atoms with E-state index in [1.807, 2.05) is 12.1 Å². The maximum absolute atomic E-state index is 15.0. The fourth-order valence-corrected chi connectivity index (χ4v) is 4.57. The number of para-hydroxylation sites is 1. The summed E-state index contributed by atoms with van der Waals surface area (Å²) in [6.07, 6.45) is 1.11. The van der Waals surface area contributed by atoms with E-state index < -0.39 is 12.0 Å². The molecule has 4 rings (SSSR count). The van der Waals surface area contributed by atoms with Crippen LogP contribution in [0.1, 0.15) is 44.9 Å². The second-order valence-electron chi connectivity index (χ2n) is 7.19. The fourth-order valence-electron chi connectivity index (χ4n) is 3.46. The zero-order valence-corrected chi connectivity index (χ0v) is 19.3. The maximum atomic E-state index is 15.0. The van der Waals surface area contributed by atoms with E-state index in [9.17, 15) is 9.18 Å². The summed E-state index contributed by atoms with van der Waals surface area (Å²) in [5, 5.41) is 9.23. The van der Waals surface area contributed by atoms with E-state index in [-0.39, 0.29) is 28.8 Å². The van der Waals surface area contributed by atoms with Crippen LogP contribution >= 0.6 is 23.4 Å². The second kappa shape index (κ2) is 9.83. The van der Waals surface area contributed by atoms with Crippen LogP contribution in [0.5, 0.6) is 5.88 Å². The van der Waals surface area contributed by atoms with Crippen LogP contribution in [0.3, 0.4) is 0 Å². The number of benzene rings is 2. The molecule has 0 bridgehead atoms. The number of aromatic nitrogens is 3. The van der Waals surface area contributed by atoms with Gasteiger partial charge in [0.05, 0.1) is 16.3 Å². The number of thioether (sulfide) groups is 1. The summed E-state index contributed by atoms with van der Waals surface area (Å²) in [5.74, 6) is 0.204. The summed E-state index contributed by atoms with van der Waals surface area (Å²) in [4.78, 5) is 19.1. The highest BCUT2D eigenvalue weighted by Crippen LogP contribution is 2.45. The Hall–Kier alpha value is -2.71. The summed E-state index contributed by atoms with van der Waals surface area (Å²) in [6.45, 7) is 3.85. The molecule has 1 aliphatic heterocycles. The van der Waals surface area contributed by atoms with E-state index in [0.717, 1.165) is 18.6 Å². The van der Waals surface area contributed by atoms with Crippen LogP contribution < -0.4 is 9.64 Å². The normalized spacial score (nSPS) is 14.9. The molecular weight excluding hydrogens is 451 g/mol. The molecule has 0 saturated carbocycles. The van der Waals surface area contributed by atoms with Gasteiger partial charge in [0, 0.05) is 17.7 Å². The summed E-state index contributed by atoms with van der Waals surface area (Å²) < 4.78 is 21.2. The number of unbranched alkanes of at least 4 members (excludes halogenated alkanes) is 1. The van der Waals surface area contributed by atoms with E-state index >= 15 is 0 Å². The van der Waals surface area contributed by atoms with Gasteiger partial charge in [0.25, 0.3) is 0 Å². The molecule has 6 nitrogen and oxygen atoms in total. The summed E-state index contributed by atoms with van der Waals surface area (Å²) in [7, 11) is 0. The Morgan fingerprint density at radius 2 is 2.00 bits per heavy atom. The maximum Gasteiger partial charge on any atom is 0.247 e. The molecule has 0 saturated heterocycles. The zero-order chi connectivity index (χ0) is 22.7. The van der Waals surface area contributed by atoms with Crippen LogP contribution in [0.4, 0.5) is 10.1 Å². The highest BCUT2D eigenvalue weighted by atomic mass is 35.5. The third kappa shape index (κ3) is 4.29. The van der Waals surface area contributed by atoms with Crippen molar-refractivity contribution in [2.75, 3.05) is 10.7 Å². The number of anilines is 1. The van der Waals surface area contributed by atoms with Gasteiger partial charge >= 0.3 is 0 Å². The topological polar surface area (TPSA) is 68.2 Å². The van der Waals surface area contributed by atoms with Gasteiger partial charge < -0.3 is 4.74 Å². The van der Waals surface area contributed by atoms with Crippen LogP contribution in [0, 0.1) is 5.82 Å². The molecule has 9 heteroatoms. The van der Waals surface area contributed by atoms with Crippen LogP contribution in [0.25, 0.3) is 11.3 Å². The van der Waals surface area contributed by atoms with Crippen LogP contribution in [0.15, 0.2) is 47.6 Å². The van der Waals surface area contributed by atoms with Gasteiger partial charge in [-0.25, -0.2) is 4.39 Å². The lowest BCUT2D eigenvalue weighted by Crippen LogP contribution is -2.38. The molecule has 32 heavy (non-hydrogen) atoms. The number of amides is 1. The van der Waals surface area contributed by atoms with Gasteiger partial charge in [0.15, 0.2) is 5.69 Å². The molecule has 0 radical (unpaired) electrons. The Labute approximate surface area is 195 Å². The van der Waals surface area contributed by atoms with E-state index in [2.05, 4.69) is 22.1 Å². The van der Waals surface area contributed by atoms with Crippen molar-refractivity contribution in [2.45, 2.75) is 44.5 Å². The second-order valence-corrected chi connectivity index (χ2v) is 8.66. The summed E-state index contributed by atoms with van der Waals surface area (Å²) >= 11 is 7.86. The number of carbonyl (C=O) groups excluding carboxylic acids is 1. The van der Waals surface area contributed by atoms with Gasteiger partial charge in [-0.15, -0.1) is 10.2 Å². The van der Waals surface area contributed by atoms with E-state index in [4.69, 9.17) is 16.3 Å². The number of nitrogens with zero attached hydrogens (tertiary/aromatic N) is 4. The summed E-state index contributed by atoms with van der Waals surface area (Å²) in [6, 6.07) is 11.6. The van der Waals surface area contributed by atoms with Crippen molar-refractivity contribution in [1.82, 2.24) is 15.2 Å². The van der Waals surface area contributed by atoms with Crippen molar-refractivity contribution in [3.8, 4) is 17.1 Å². The molecule has 2 aromatic carbocycles. The van der Waals surface area contributed by atoms with Gasteiger partial charge in [-0.05, 0) is 24.6 Å². The Balaban J connectivity index is 1.91. The van der Waals surface area contributed by atoms with Crippen molar-refractivity contribution < 1.29 is 13.9 Å². The zero-order valence-electron chi connectivity index (χ0n) is 17.7. The average molecular weight is 473 g/mol. The van der Waals surface area contributed by atoms with Gasteiger partial charge in [0.2, 0.25) is 23.2 Å². The van der Waals surface area contributed by atoms with Crippen molar-refractivity contribution in [3.63, 3.8) is 0 Å². The average Bonchev–Trinajstić information content (AvgIpc) is 2.93. The quantitative estimate of drug-likeness (QED) is 0.321. The van der Waals surface area contributed by atoms with Crippen LogP contribution in [0.2, 0.25) is 5.02 Å². The number of carbonyl (C=O) groups is 1. The Morgan fingerprint density at radius 1 is 1.19 bits per heavy atom. The van der Waals surface area contributed by atoms with E-state index in [1.165, 1.54) is 28.8 Å². The lowest BCUT2D eigenvalue weighted by atomic mass is 10.1. The molecular formula is C23H22ClFN4O2S. The number of hydrogen-bond donors (Lipinski definition) is 0. The molecule has 0 N–H and O–H groups in total. The largest absolute Gasteiger partial charge is 0.447 e. The van der Waals surface area contributed by atoms with Crippen LogP contribution in [-0.2, 0) is 4.79 Å². The number of ether oxygens (including phenoxy) is 1. The van der Waals surface area contributed by atoms with Crippen LogP contribution in [-0.4, -0.2) is 26.8 Å². The van der Waals surface area contributed by atoms with Crippen molar-refractivity contribution in [3.05, 3.63) is 58.9 Å². The highest BCUT2D eigenvalue weighted by Gasteiger charge is 2.37. The van der Waals surface area contributed by atoms with E-state index in [1.54, 1.807) is 25.1 Å². The molecule has 1 aliphatic rings. The minimum absolute atomic E-state index is 0.0671. The SMILES string of the molecule is CCCCSc1nnc2c(n1)O[C@@H](c1c(F)cccc1Cl)N(C(=O)CC)c1ccccc1-2. The molecule has 0 aliphatic carbocycles. The summed E-state index contributed by atoms with van der Waals surface area (Å²) in [5.41, 5.74) is 1.62. The van der Waals surface area contributed by atoms with Gasteiger partial charge in [-0.1, -0.05) is 67.9 Å². The molecule has 0 spiro atoms. The molecule has 1 atom stereocenters. The first-order chi connectivity index (χ1) is 15.5. The van der Waals surface area contributed by atoms with Crippen molar-refractivity contribution in [1.29, 1.82) is 0 Å². The van der Waals surface area contributed by atoms with Crippen molar-refractivity contribution >= 4 is 35.0 Å². The molecule has 3 aromatic rings. The molecule has 0 unspecified atom stereocenters. The lowest BCUT2D eigenvalue weighted by Gasteiger charge is -2.31. The lowest BCUT2D eigenvalue weighted by molar-refractivity contribution is -0.120. The Bertz CT molecular complexity index is 1130.